The molecule has 0 unspecified atom stereocenters. The fourth-order valence-corrected chi connectivity index (χ4v) is 1.17. The molecule has 1 aromatic rings. The van der Waals surface area contributed by atoms with Crippen LogP contribution in [0.5, 0.6) is 5.75 Å². The highest BCUT2D eigenvalue weighted by atomic mass is 16.6. The van der Waals surface area contributed by atoms with Crippen LogP contribution < -0.4 is 0 Å². The lowest BCUT2D eigenvalue weighted by Gasteiger charge is -2.02. The molecule has 0 fully saturated rings. The normalized spacial score (nSPS) is 9.33. The van der Waals surface area contributed by atoms with Gasteiger partial charge in [0.05, 0.1) is 10.5 Å². The number of hydrogen-bond acceptors (Lipinski definition) is 5. The van der Waals surface area contributed by atoms with Crippen LogP contribution in [0, 0.1) is 21.4 Å². The minimum atomic E-state index is -0.780. The topological polar surface area (TPSA) is 104 Å². The van der Waals surface area contributed by atoms with Gasteiger partial charge in [-0.25, -0.2) is 0 Å². The molecule has 1 N–H and O–H groups in total. The molecular weight excluding hydrogens is 200 g/mol. The summed E-state index contributed by atoms with van der Waals surface area (Å²) in [6, 6.07) is 3.75. The summed E-state index contributed by atoms with van der Waals surface area (Å²) >= 11 is 0. The van der Waals surface area contributed by atoms with Crippen molar-refractivity contribution in [2.75, 3.05) is 0 Å². The van der Waals surface area contributed by atoms with Gasteiger partial charge in [-0.05, 0) is 13.0 Å². The Morgan fingerprint density at radius 3 is 2.60 bits per heavy atom. The zero-order chi connectivity index (χ0) is 11.6. The quantitative estimate of drug-likeness (QED) is 0.447. The molecular formula is C9H6N2O4. The van der Waals surface area contributed by atoms with Crippen molar-refractivity contribution in [1.82, 2.24) is 0 Å². The molecule has 76 valence electrons. The molecule has 0 aliphatic rings. The van der Waals surface area contributed by atoms with Gasteiger partial charge in [0.15, 0.2) is 11.5 Å². The molecule has 0 saturated heterocycles. The molecule has 0 amide bonds. The van der Waals surface area contributed by atoms with Crippen molar-refractivity contribution in [3.63, 3.8) is 0 Å². The van der Waals surface area contributed by atoms with E-state index < -0.39 is 27.7 Å². The van der Waals surface area contributed by atoms with E-state index >= 15 is 0 Å². The number of carbonyl (C=O) groups excluding carboxylic acids is 1. The summed E-state index contributed by atoms with van der Waals surface area (Å²) in [6.07, 6.45) is 0. The van der Waals surface area contributed by atoms with E-state index in [2.05, 4.69) is 0 Å². The fraction of sp³-hybridized carbons (Fsp3) is 0.111. The average molecular weight is 206 g/mol. The number of nitrogens with zero attached hydrogens (tertiary/aromatic N) is 2. The molecule has 0 bridgehead atoms. The smallest absolute Gasteiger partial charge is 0.284 e. The Morgan fingerprint density at radius 2 is 2.20 bits per heavy atom. The van der Waals surface area contributed by atoms with Crippen LogP contribution >= 0.6 is 0 Å². The number of Topliss-reactive ketones (excluding diaryl/α,β-unsaturated/α-hetero) is 1. The van der Waals surface area contributed by atoms with Gasteiger partial charge in [0, 0.05) is 6.07 Å². The Hall–Kier alpha value is -2.42. The number of benzene rings is 1. The second-order valence-corrected chi connectivity index (χ2v) is 2.78. The van der Waals surface area contributed by atoms with Crippen molar-refractivity contribution in [3.8, 4) is 11.8 Å². The summed E-state index contributed by atoms with van der Waals surface area (Å²) in [5.41, 5.74) is -1.09. The standard InChI is InChI=1S/C9H6N2O4/c1-5(12)8-7(11(14)15)3-2-6(4-10)9(8)13/h2-3,13H,1H3. The molecule has 0 radical (unpaired) electrons. The van der Waals surface area contributed by atoms with E-state index in [1.165, 1.54) is 0 Å². The number of phenolic OH excluding ortho intramolecular Hbond substituents is 1. The van der Waals surface area contributed by atoms with Crippen LogP contribution in [-0.4, -0.2) is 15.8 Å². The minimum Gasteiger partial charge on any atom is -0.506 e. The van der Waals surface area contributed by atoms with Crippen LogP contribution in [0.25, 0.3) is 0 Å². The zero-order valence-electron chi connectivity index (χ0n) is 7.72. The Kier molecular flexibility index (Phi) is 2.67. The maximum atomic E-state index is 11.1. The number of nitro benzene ring substituents is 1. The number of rotatable bonds is 2. The number of phenols is 1. The van der Waals surface area contributed by atoms with Gasteiger partial charge < -0.3 is 5.11 Å². The predicted octanol–water partition coefficient (Wildman–Crippen LogP) is 1.37. The SMILES string of the molecule is CC(=O)c1c([N+](=O)[O-])ccc(C#N)c1O. The van der Waals surface area contributed by atoms with E-state index in [9.17, 15) is 20.0 Å². The fourth-order valence-electron chi connectivity index (χ4n) is 1.17. The first-order valence-electron chi connectivity index (χ1n) is 3.90. The highest BCUT2D eigenvalue weighted by Crippen LogP contribution is 2.30. The highest BCUT2D eigenvalue weighted by Gasteiger charge is 2.23. The van der Waals surface area contributed by atoms with Gasteiger partial charge in [0.1, 0.15) is 11.6 Å². The van der Waals surface area contributed by atoms with Crippen molar-refractivity contribution in [2.24, 2.45) is 0 Å². The number of nitriles is 1. The summed E-state index contributed by atoms with van der Waals surface area (Å²) < 4.78 is 0. The molecule has 15 heavy (non-hydrogen) atoms. The number of hydrogen-bond donors (Lipinski definition) is 1. The second-order valence-electron chi connectivity index (χ2n) is 2.78. The van der Waals surface area contributed by atoms with Gasteiger partial charge >= 0.3 is 0 Å². The number of ketones is 1. The largest absolute Gasteiger partial charge is 0.506 e. The first-order chi connectivity index (χ1) is 6.99. The third-order valence-corrected chi connectivity index (χ3v) is 1.83. The molecule has 0 heterocycles. The molecule has 0 aliphatic carbocycles. The third kappa shape index (κ3) is 1.76. The van der Waals surface area contributed by atoms with Gasteiger partial charge in [0.2, 0.25) is 0 Å². The summed E-state index contributed by atoms with van der Waals surface area (Å²) in [6.45, 7) is 1.09. The number of carbonyl (C=O) groups is 1. The lowest BCUT2D eigenvalue weighted by atomic mass is 10.0. The second kappa shape index (κ2) is 3.75. The summed E-state index contributed by atoms with van der Waals surface area (Å²) in [7, 11) is 0. The van der Waals surface area contributed by atoms with Crippen LogP contribution in [0.15, 0.2) is 12.1 Å². The van der Waals surface area contributed by atoms with Gasteiger partial charge in [-0.2, -0.15) is 5.26 Å². The van der Waals surface area contributed by atoms with Crippen LogP contribution in [0.2, 0.25) is 0 Å². The van der Waals surface area contributed by atoms with E-state index in [1.807, 2.05) is 0 Å². The Bertz CT molecular complexity index is 488. The van der Waals surface area contributed by atoms with Gasteiger partial charge in [-0.1, -0.05) is 0 Å². The molecule has 0 spiro atoms. The maximum Gasteiger partial charge on any atom is 0.284 e. The number of aromatic hydroxyl groups is 1. The van der Waals surface area contributed by atoms with Crippen LogP contribution in [-0.2, 0) is 0 Å². The van der Waals surface area contributed by atoms with Crippen LogP contribution in [0.4, 0.5) is 5.69 Å². The van der Waals surface area contributed by atoms with Crippen molar-refractivity contribution < 1.29 is 14.8 Å². The molecule has 0 aliphatic heterocycles. The van der Waals surface area contributed by atoms with Gasteiger partial charge in [0.25, 0.3) is 5.69 Å². The van der Waals surface area contributed by atoms with Crippen LogP contribution in [0.1, 0.15) is 22.8 Å². The van der Waals surface area contributed by atoms with E-state index in [-0.39, 0.29) is 5.56 Å². The molecule has 0 saturated carbocycles. The molecule has 1 rings (SSSR count). The summed E-state index contributed by atoms with van der Waals surface area (Å²) in [5.74, 6) is -1.30. The summed E-state index contributed by atoms with van der Waals surface area (Å²) in [4.78, 5) is 20.8. The Balaban J connectivity index is 3.60. The monoisotopic (exact) mass is 206 g/mol. The lowest BCUT2D eigenvalue weighted by molar-refractivity contribution is -0.385. The molecule has 0 aromatic heterocycles. The van der Waals surface area contributed by atoms with E-state index in [1.54, 1.807) is 6.07 Å². The average Bonchev–Trinajstić information content (AvgIpc) is 2.16. The lowest BCUT2D eigenvalue weighted by Crippen LogP contribution is -2.01. The van der Waals surface area contributed by atoms with Crippen molar-refractivity contribution in [3.05, 3.63) is 33.4 Å². The highest BCUT2D eigenvalue weighted by molar-refractivity contribution is 6.01. The molecule has 6 nitrogen and oxygen atoms in total. The van der Waals surface area contributed by atoms with Crippen molar-refractivity contribution in [2.45, 2.75) is 6.92 Å². The Labute approximate surface area is 84.5 Å². The van der Waals surface area contributed by atoms with Crippen molar-refractivity contribution in [1.29, 1.82) is 5.26 Å². The maximum absolute atomic E-state index is 11.1. The van der Waals surface area contributed by atoms with Gasteiger partial charge in [-0.15, -0.1) is 0 Å². The first kappa shape index (κ1) is 10.7. The van der Waals surface area contributed by atoms with E-state index in [0.717, 1.165) is 19.1 Å². The van der Waals surface area contributed by atoms with E-state index in [4.69, 9.17) is 5.26 Å². The third-order valence-electron chi connectivity index (χ3n) is 1.83. The van der Waals surface area contributed by atoms with Crippen molar-refractivity contribution >= 4 is 11.5 Å². The predicted molar refractivity (Wildman–Crippen MR) is 49.5 cm³/mol. The molecule has 0 atom stereocenters. The number of nitro groups is 1. The molecule has 6 heteroatoms. The first-order valence-corrected chi connectivity index (χ1v) is 3.90. The minimum absolute atomic E-state index is 0.161. The Morgan fingerprint density at radius 1 is 1.60 bits per heavy atom. The van der Waals surface area contributed by atoms with E-state index in [0.29, 0.717) is 0 Å². The van der Waals surface area contributed by atoms with Crippen LogP contribution in [0.3, 0.4) is 0 Å². The molecule has 1 aromatic carbocycles. The summed E-state index contributed by atoms with van der Waals surface area (Å²) in [5, 5.41) is 28.5. The zero-order valence-corrected chi connectivity index (χ0v) is 7.72. The van der Waals surface area contributed by atoms with Gasteiger partial charge in [-0.3, -0.25) is 14.9 Å².